The molecule has 0 unspecified atom stereocenters. The number of carboxylic acid groups (broad SMARTS) is 1. The van der Waals surface area contributed by atoms with E-state index < -0.39 is 18.0 Å². The average Bonchev–Trinajstić information content (AvgIpc) is 2.89. The van der Waals surface area contributed by atoms with Crippen molar-refractivity contribution in [1.29, 1.82) is 0 Å². The Morgan fingerprint density at radius 3 is 2.48 bits per heavy atom. The summed E-state index contributed by atoms with van der Waals surface area (Å²) in [6, 6.07) is 6.05. The normalized spacial score (nSPS) is 11.7. The van der Waals surface area contributed by atoms with Crippen molar-refractivity contribution in [2.45, 2.75) is 25.9 Å². The zero-order valence-corrected chi connectivity index (χ0v) is 12.2. The summed E-state index contributed by atoms with van der Waals surface area (Å²) >= 11 is 1.30. The lowest BCUT2D eigenvalue weighted by Gasteiger charge is -2.15. The van der Waals surface area contributed by atoms with Gasteiger partial charge in [-0.05, 0) is 38.1 Å². The third-order valence-corrected chi connectivity index (χ3v) is 3.90. The summed E-state index contributed by atoms with van der Waals surface area (Å²) in [6.45, 7) is 0.292. The van der Waals surface area contributed by atoms with Crippen LogP contribution in [0.4, 0.5) is 8.78 Å². The topological polar surface area (TPSA) is 59.4 Å². The molecule has 21 heavy (non-hydrogen) atoms. The lowest BCUT2D eigenvalue weighted by molar-refractivity contribution is -0.142. The van der Waals surface area contributed by atoms with Crippen molar-refractivity contribution < 1.29 is 23.4 Å². The first-order chi connectivity index (χ1) is 9.80. The first-order valence-corrected chi connectivity index (χ1v) is 6.93. The zero-order chi connectivity index (χ0) is 15.6. The molecule has 0 fully saturated rings. The number of alkyl halides is 2. The number of nitrogens with zero attached hydrogens (tertiary/aromatic N) is 1. The number of hydrogen-bond donors (Lipinski definition) is 1. The summed E-state index contributed by atoms with van der Waals surface area (Å²) in [7, 11) is 0. The Hall–Kier alpha value is -2.02. The first-order valence-electron chi connectivity index (χ1n) is 6.05. The van der Waals surface area contributed by atoms with Gasteiger partial charge in [-0.2, -0.15) is 8.78 Å². The summed E-state index contributed by atoms with van der Waals surface area (Å²) < 4.78 is 28.4. The molecule has 4 nitrogen and oxygen atoms in total. The molecule has 0 aliphatic heterocycles. The van der Waals surface area contributed by atoms with E-state index in [1.165, 1.54) is 23.5 Å². The van der Waals surface area contributed by atoms with E-state index in [0.29, 0.717) is 16.3 Å². The van der Waals surface area contributed by atoms with Crippen LogP contribution >= 0.6 is 11.3 Å². The molecule has 1 aromatic carbocycles. The number of aliphatic carboxylic acids is 1. The molecule has 0 saturated heterocycles. The Morgan fingerprint density at radius 2 is 1.95 bits per heavy atom. The fourth-order valence-corrected chi connectivity index (χ4v) is 2.58. The Labute approximate surface area is 124 Å². The maximum atomic E-state index is 12.1. The van der Waals surface area contributed by atoms with Gasteiger partial charge < -0.3 is 9.84 Å². The minimum atomic E-state index is -2.86. The highest BCUT2D eigenvalue weighted by Crippen LogP contribution is 2.31. The van der Waals surface area contributed by atoms with Crippen LogP contribution < -0.4 is 4.74 Å². The second-order valence-corrected chi connectivity index (χ2v) is 5.73. The number of rotatable bonds is 5. The lowest BCUT2D eigenvalue weighted by Crippen LogP contribution is -2.28. The number of aromatic nitrogens is 1. The number of halogens is 2. The van der Waals surface area contributed by atoms with Crippen LogP contribution in [0.25, 0.3) is 10.6 Å². The van der Waals surface area contributed by atoms with E-state index in [1.807, 2.05) is 0 Å². The van der Waals surface area contributed by atoms with Crippen molar-refractivity contribution in [3.63, 3.8) is 0 Å². The summed E-state index contributed by atoms with van der Waals surface area (Å²) in [5, 5.41) is 11.5. The van der Waals surface area contributed by atoms with Crippen molar-refractivity contribution in [1.82, 2.24) is 4.98 Å². The van der Waals surface area contributed by atoms with Gasteiger partial charge in [-0.25, -0.2) is 4.98 Å². The minimum Gasteiger partial charge on any atom is -0.481 e. The Morgan fingerprint density at radius 1 is 1.33 bits per heavy atom. The van der Waals surface area contributed by atoms with Crippen LogP contribution in [-0.4, -0.2) is 22.7 Å². The molecule has 1 heterocycles. The molecule has 0 aliphatic rings. The third kappa shape index (κ3) is 3.36. The molecule has 2 rings (SSSR count). The maximum Gasteiger partial charge on any atom is 0.387 e. The Kier molecular flexibility index (Phi) is 4.22. The summed E-state index contributed by atoms with van der Waals surface area (Å²) in [5.41, 5.74) is 0.102. The molecule has 0 bridgehead atoms. The van der Waals surface area contributed by atoms with E-state index >= 15 is 0 Å². The van der Waals surface area contributed by atoms with Crippen molar-refractivity contribution in [3.8, 4) is 16.3 Å². The number of benzene rings is 1. The van der Waals surface area contributed by atoms with Gasteiger partial charge in [0.2, 0.25) is 0 Å². The number of carboxylic acids is 1. The molecule has 1 aromatic heterocycles. The van der Waals surface area contributed by atoms with Crippen molar-refractivity contribution in [2.75, 3.05) is 0 Å². The summed E-state index contributed by atoms with van der Waals surface area (Å²) in [5.74, 6) is -0.892. The van der Waals surface area contributed by atoms with E-state index in [4.69, 9.17) is 0 Å². The van der Waals surface area contributed by atoms with Crippen LogP contribution in [0.1, 0.15) is 19.5 Å². The number of thiazole rings is 1. The number of ether oxygens (including phenoxy) is 1. The zero-order valence-electron chi connectivity index (χ0n) is 11.3. The molecular formula is C14H13F2NO3S. The molecule has 0 saturated carbocycles. The van der Waals surface area contributed by atoms with E-state index in [9.17, 15) is 18.7 Å². The molecule has 7 heteroatoms. The second-order valence-electron chi connectivity index (χ2n) is 4.87. The van der Waals surface area contributed by atoms with Gasteiger partial charge in [0.25, 0.3) is 0 Å². The van der Waals surface area contributed by atoms with Crippen molar-refractivity contribution >= 4 is 17.3 Å². The summed E-state index contributed by atoms with van der Waals surface area (Å²) in [4.78, 5) is 15.5. The smallest absolute Gasteiger partial charge is 0.387 e. The van der Waals surface area contributed by atoms with Crippen LogP contribution in [0.3, 0.4) is 0 Å². The maximum absolute atomic E-state index is 12.1. The van der Waals surface area contributed by atoms with E-state index in [-0.39, 0.29) is 5.75 Å². The minimum absolute atomic E-state index is 0.0661. The fraction of sp³-hybridized carbons (Fsp3) is 0.286. The van der Waals surface area contributed by atoms with Crippen molar-refractivity contribution in [3.05, 3.63) is 35.3 Å². The van der Waals surface area contributed by atoms with Gasteiger partial charge in [0.1, 0.15) is 16.2 Å². The van der Waals surface area contributed by atoms with Gasteiger partial charge in [0, 0.05) is 10.9 Å². The number of hydrogen-bond acceptors (Lipinski definition) is 4. The first kappa shape index (κ1) is 15.4. The molecule has 0 atom stereocenters. The van der Waals surface area contributed by atoms with Gasteiger partial charge in [-0.1, -0.05) is 0 Å². The van der Waals surface area contributed by atoms with Gasteiger partial charge in [-0.3, -0.25) is 4.79 Å². The fourth-order valence-electron chi connectivity index (χ4n) is 1.58. The molecule has 1 N–H and O–H groups in total. The Balaban J connectivity index is 2.24. The number of carbonyl (C=O) groups is 1. The van der Waals surface area contributed by atoms with Crippen molar-refractivity contribution in [2.24, 2.45) is 0 Å². The van der Waals surface area contributed by atoms with E-state index in [0.717, 1.165) is 0 Å². The van der Waals surface area contributed by atoms with Crippen LogP contribution in [0.2, 0.25) is 0 Å². The van der Waals surface area contributed by atoms with Gasteiger partial charge in [-0.15, -0.1) is 11.3 Å². The van der Waals surface area contributed by atoms with E-state index in [1.54, 1.807) is 31.4 Å². The highest BCUT2D eigenvalue weighted by molar-refractivity contribution is 7.13. The summed E-state index contributed by atoms with van der Waals surface area (Å²) in [6.07, 6.45) is 0. The lowest BCUT2D eigenvalue weighted by atomic mass is 9.90. The second kappa shape index (κ2) is 5.77. The SMILES string of the molecule is CC(C)(C(=O)O)c1csc(-c2ccc(OC(F)F)cc2)n1. The molecule has 112 valence electrons. The van der Waals surface area contributed by atoms with Gasteiger partial charge in [0.05, 0.1) is 5.69 Å². The van der Waals surface area contributed by atoms with Gasteiger partial charge in [0.15, 0.2) is 0 Å². The van der Waals surface area contributed by atoms with Crippen LogP contribution in [0, 0.1) is 0 Å². The predicted octanol–water partition coefficient (Wildman–Crippen LogP) is 3.77. The molecule has 0 radical (unpaired) electrons. The van der Waals surface area contributed by atoms with E-state index in [2.05, 4.69) is 9.72 Å². The molecule has 0 aliphatic carbocycles. The monoisotopic (exact) mass is 313 g/mol. The molecule has 2 aromatic rings. The molecule has 0 spiro atoms. The quantitative estimate of drug-likeness (QED) is 0.912. The van der Waals surface area contributed by atoms with Gasteiger partial charge >= 0.3 is 12.6 Å². The molecular weight excluding hydrogens is 300 g/mol. The Bertz CT molecular complexity index is 638. The average molecular weight is 313 g/mol. The molecule has 0 amide bonds. The highest BCUT2D eigenvalue weighted by Gasteiger charge is 2.32. The van der Waals surface area contributed by atoms with Crippen LogP contribution in [-0.2, 0) is 10.2 Å². The highest BCUT2D eigenvalue weighted by atomic mass is 32.1. The van der Waals surface area contributed by atoms with Crippen LogP contribution in [0.5, 0.6) is 5.75 Å². The third-order valence-electron chi connectivity index (χ3n) is 3.01. The predicted molar refractivity (Wildman–Crippen MR) is 74.8 cm³/mol. The standard InChI is InChI=1S/C14H13F2NO3S/c1-14(2,12(18)19)10-7-21-11(17-10)8-3-5-9(6-4-8)20-13(15)16/h3-7,13H,1-2H3,(H,18,19). The van der Waals surface area contributed by atoms with Crippen LogP contribution in [0.15, 0.2) is 29.6 Å². The largest absolute Gasteiger partial charge is 0.481 e.